The molecule has 0 aromatic heterocycles. The standard InChI is InChI=1S/C21H20O2/c1-22-13-21(14-23-2)9-5-7-16-11-19-17(12-20(16)21)10-15-6-3-4-8-18(15)19/h3-12H,13-14H2,1-2H3. The van der Waals surface area contributed by atoms with Crippen molar-refractivity contribution in [3.63, 3.8) is 0 Å². The van der Waals surface area contributed by atoms with Crippen LogP contribution >= 0.6 is 0 Å². The van der Waals surface area contributed by atoms with Crippen LogP contribution in [0.2, 0.25) is 0 Å². The second-order valence-corrected chi connectivity index (χ2v) is 6.31. The number of hydrogen-bond acceptors (Lipinski definition) is 2. The minimum Gasteiger partial charge on any atom is -0.383 e. The van der Waals surface area contributed by atoms with E-state index < -0.39 is 0 Å². The number of hydrogen-bond donors (Lipinski definition) is 0. The summed E-state index contributed by atoms with van der Waals surface area (Å²) in [6.45, 7) is 1.23. The van der Waals surface area contributed by atoms with Crippen molar-refractivity contribution in [2.45, 2.75) is 5.41 Å². The molecule has 0 unspecified atom stereocenters. The largest absolute Gasteiger partial charge is 0.383 e. The van der Waals surface area contributed by atoms with Gasteiger partial charge in [0.2, 0.25) is 0 Å². The molecule has 2 aliphatic carbocycles. The molecule has 116 valence electrons. The quantitative estimate of drug-likeness (QED) is 0.737. The van der Waals surface area contributed by atoms with E-state index in [9.17, 15) is 0 Å². The predicted octanol–water partition coefficient (Wildman–Crippen LogP) is 2.38. The SMILES string of the molecule is COCC1(COC)C=CC=c2cc3c(cc21)=Cc1ccccc1-3. The van der Waals surface area contributed by atoms with Gasteiger partial charge in [0.1, 0.15) is 0 Å². The average Bonchev–Trinajstić information content (AvgIpc) is 2.92. The lowest BCUT2D eigenvalue weighted by molar-refractivity contribution is 0.0824. The van der Waals surface area contributed by atoms with Crippen molar-refractivity contribution in [2.24, 2.45) is 0 Å². The van der Waals surface area contributed by atoms with E-state index in [4.69, 9.17) is 9.47 Å². The van der Waals surface area contributed by atoms with Crippen molar-refractivity contribution in [1.29, 1.82) is 0 Å². The molecule has 0 N–H and O–H groups in total. The van der Waals surface area contributed by atoms with Crippen LogP contribution in [0.25, 0.3) is 23.3 Å². The fourth-order valence-corrected chi connectivity index (χ4v) is 3.82. The van der Waals surface area contributed by atoms with Gasteiger partial charge < -0.3 is 9.47 Å². The highest BCUT2D eigenvalue weighted by atomic mass is 16.5. The monoisotopic (exact) mass is 304 g/mol. The average molecular weight is 304 g/mol. The third-order valence-electron chi connectivity index (χ3n) is 4.81. The van der Waals surface area contributed by atoms with E-state index in [1.807, 2.05) is 0 Å². The molecular weight excluding hydrogens is 284 g/mol. The van der Waals surface area contributed by atoms with Gasteiger partial charge in [-0.1, -0.05) is 42.5 Å². The molecule has 2 aromatic rings. The molecule has 0 heterocycles. The van der Waals surface area contributed by atoms with E-state index >= 15 is 0 Å². The lowest BCUT2D eigenvalue weighted by atomic mass is 9.77. The molecule has 0 spiro atoms. The summed E-state index contributed by atoms with van der Waals surface area (Å²) >= 11 is 0. The number of fused-ring (bicyclic) bond motifs is 4. The maximum absolute atomic E-state index is 5.52. The maximum Gasteiger partial charge on any atom is 0.0616 e. The smallest absolute Gasteiger partial charge is 0.0616 e. The van der Waals surface area contributed by atoms with E-state index in [1.165, 1.54) is 32.7 Å². The maximum atomic E-state index is 5.52. The number of benzene rings is 2. The molecule has 0 bridgehead atoms. The fraction of sp³-hybridized carbons (Fsp3) is 0.238. The zero-order valence-electron chi connectivity index (χ0n) is 13.5. The molecule has 2 aromatic carbocycles. The van der Waals surface area contributed by atoms with E-state index in [1.54, 1.807) is 14.2 Å². The first-order valence-electron chi connectivity index (χ1n) is 7.90. The Balaban J connectivity index is 1.96. The topological polar surface area (TPSA) is 18.5 Å². The van der Waals surface area contributed by atoms with Gasteiger partial charge in [0.25, 0.3) is 0 Å². The van der Waals surface area contributed by atoms with Gasteiger partial charge in [-0.2, -0.15) is 0 Å². The Kier molecular flexibility index (Phi) is 3.44. The molecule has 0 aliphatic heterocycles. The van der Waals surface area contributed by atoms with Gasteiger partial charge in [-0.25, -0.2) is 0 Å². The van der Waals surface area contributed by atoms with Gasteiger partial charge in [0.15, 0.2) is 0 Å². The van der Waals surface area contributed by atoms with Crippen LogP contribution in [0.1, 0.15) is 11.1 Å². The lowest BCUT2D eigenvalue weighted by Gasteiger charge is -2.32. The summed E-state index contributed by atoms with van der Waals surface area (Å²) in [7, 11) is 3.50. The van der Waals surface area contributed by atoms with E-state index in [0.717, 1.165) is 0 Å². The van der Waals surface area contributed by atoms with Crippen LogP contribution < -0.4 is 10.4 Å². The van der Waals surface area contributed by atoms with Gasteiger partial charge in [-0.05, 0) is 50.9 Å². The van der Waals surface area contributed by atoms with Gasteiger partial charge in [0, 0.05) is 14.2 Å². The van der Waals surface area contributed by atoms with Crippen LogP contribution in [0, 0.1) is 0 Å². The predicted molar refractivity (Wildman–Crippen MR) is 93.7 cm³/mol. The summed E-state index contributed by atoms with van der Waals surface area (Å²) < 4.78 is 11.0. The molecule has 2 heteroatoms. The highest BCUT2D eigenvalue weighted by Crippen LogP contribution is 2.30. The molecule has 0 atom stereocenters. The van der Waals surface area contributed by atoms with E-state index in [-0.39, 0.29) is 5.41 Å². The van der Waals surface area contributed by atoms with E-state index in [2.05, 4.69) is 60.7 Å². The van der Waals surface area contributed by atoms with Crippen LogP contribution in [-0.2, 0) is 14.9 Å². The molecular formula is C21H20O2. The molecule has 23 heavy (non-hydrogen) atoms. The summed E-state index contributed by atoms with van der Waals surface area (Å²) in [5.74, 6) is 0. The number of methoxy groups -OCH3 is 2. The zero-order chi connectivity index (χ0) is 15.9. The summed E-state index contributed by atoms with van der Waals surface area (Å²) in [4.78, 5) is 0. The van der Waals surface area contributed by atoms with E-state index in [0.29, 0.717) is 13.2 Å². The van der Waals surface area contributed by atoms with Crippen molar-refractivity contribution >= 4 is 12.2 Å². The Morgan fingerprint density at radius 1 is 0.913 bits per heavy atom. The minimum absolute atomic E-state index is 0.217. The van der Waals surface area contributed by atoms with Crippen molar-refractivity contribution in [1.82, 2.24) is 0 Å². The van der Waals surface area contributed by atoms with Crippen molar-refractivity contribution in [3.8, 4) is 11.1 Å². The normalized spacial score (nSPS) is 16.1. The Labute approximate surface area is 136 Å². The molecule has 0 saturated heterocycles. The molecule has 0 amide bonds. The Bertz CT molecular complexity index is 900. The molecule has 0 fully saturated rings. The fourth-order valence-electron chi connectivity index (χ4n) is 3.82. The first kappa shape index (κ1) is 14.4. The summed E-state index contributed by atoms with van der Waals surface area (Å²) in [6, 6.07) is 13.2. The van der Waals surface area contributed by atoms with Crippen molar-refractivity contribution in [3.05, 3.63) is 70.1 Å². The summed E-state index contributed by atoms with van der Waals surface area (Å²) in [5, 5.41) is 2.54. The number of rotatable bonds is 4. The van der Waals surface area contributed by atoms with Crippen LogP contribution in [0.5, 0.6) is 0 Å². The summed E-state index contributed by atoms with van der Waals surface area (Å²) in [5.41, 5.74) is 4.99. The molecule has 4 rings (SSSR count). The lowest BCUT2D eigenvalue weighted by Crippen LogP contribution is -2.41. The minimum atomic E-state index is -0.217. The second-order valence-electron chi connectivity index (χ2n) is 6.31. The zero-order valence-corrected chi connectivity index (χ0v) is 13.5. The molecule has 2 nitrogen and oxygen atoms in total. The van der Waals surface area contributed by atoms with Gasteiger partial charge in [-0.3, -0.25) is 0 Å². The Morgan fingerprint density at radius 3 is 2.48 bits per heavy atom. The molecule has 2 aliphatic rings. The number of ether oxygens (including phenoxy) is 2. The second kappa shape index (κ2) is 5.48. The van der Waals surface area contributed by atoms with Crippen LogP contribution in [0.15, 0.2) is 48.6 Å². The van der Waals surface area contributed by atoms with Gasteiger partial charge >= 0.3 is 0 Å². The Hall–Kier alpha value is -2.16. The molecule has 0 radical (unpaired) electrons. The van der Waals surface area contributed by atoms with Crippen molar-refractivity contribution in [2.75, 3.05) is 27.4 Å². The highest BCUT2D eigenvalue weighted by molar-refractivity contribution is 5.83. The molecule has 0 saturated carbocycles. The van der Waals surface area contributed by atoms with Crippen LogP contribution in [0.3, 0.4) is 0 Å². The van der Waals surface area contributed by atoms with Crippen LogP contribution in [-0.4, -0.2) is 27.4 Å². The van der Waals surface area contributed by atoms with Gasteiger partial charge in [-0.15, -0.1) is 0 Å². The first-order valence-corrected chi connectivity index (χ1v) is 7.90. The summed E-state index contributed by atoms with van der Waals surface area (Å²) in [6.07, 6.45) is 8.78. The highest BCUT2D eigenvalue weighted by Gasteiger charge is 2.32. The van der Waals surface area contributed by atoms with Crippen LogP contribution in [0.4, 0.5) is 0 Å². The Morgan fingerprint density at radius 2 is 1.70 bits per heavy atom. The first-order chi connectivity index (χ1) is 11.3. The third kappa shape index (κ3) is 2.18. The van der Waals surface area contributed by atoms with Crippen molar-refractivity contribution < 1.29 is 9.47 Å². The third-order valence-corrected chi connectivity index (χ3v) is 4.81. The number of allylic oxidation sites excluding steroid dienone is 1. The van der Waals surface area contributed by atoms with Gasteiger partial charge in [0.05, 0.1) is 18.6 Å².